The van der Waals surface area contributed by atoms with Crippen LogP contribution in [-0.4, -0.2) is 58.8 Å². The van der Waals surface area contributed by atoms with Crippen LogP contribution in [0.5, 0.6) is 0 Å². The van der Waals surface area contributed by atoms with Crippen molar-refractivity contribution in [1.82, 2.24) is 14.8 Å². The molecule has 1 unspecified atom stereocenters. The zero-order chi connectivity index (χ0) is 22.1. The van der Waals surface area contributed by atoms with E-state index in [0.717, 1.165) is 42.9 Å². The second kappa shape index (κ2) is 9.02. The van der Waals surface area contributed by atoms with Gasteiger partial charge in [0.25, 0.3) is 5.91 Å². The number of piperidine rings is 2. The maximum atomic E-state index is 13.3. The quantitative estimate of drug-likeness (QED) is 0.734. The van der Waals surface area contributed by atoms with Crippen molar-refractivity contribution in [3.05, 3.63) is 59.4 Å². The fourth-order valence-corrected chi connectivity index (χ4v) is 5.51. The fourth-order valence-electron chi connectivity index (χ4n) is 5.51. The Hall–Kier alpha value is -2.73. The molecule has 0 bridgehead atoms. The molecular weight excluding hydrogens is 400 g/mol. The Labute approximate surface area is 190 Å². The molecule has 168 valence electrons. The molecule has 0 spiro atoms. The summed E-state index contributed by atoms with van der Waals surface area (Å²) in [5.74, 6) is 0.0501. The predicted octanol–water partition coefficient (Wildman–Crippen LogP) is 3.96. The third-order valence-corrected chi connectivity index (χ3v) is 7.32. The molecule has 2 saturated heterocycles. The number of anilines is 1. The van der Waals surface area contributed by atoms with Crippen LogP contribution < -0.4 is 4.90 Å². The Morgan fingerprint density at radius 1 is 1.00 bits per heavy atom. The summed E-state index contributed by atoms with van der Waals surface area (Å²) in [6.45, 7) is 6.05. The molecule has 1 aromatic heterocycles. The zero-order valence-electron chi connectivity index (χ0n) is 18.9. The minimum absolute atomic E-state index is 0.0708. The number of likely N-dealkylation sites (tertiary alicyclic amines) is 2. The summed E-state index contributed by atoms with van der Waals surface area (Å²) in [6.07, 6.45) is 8.04. The number of carbonyl (C=O) groups is 2. The van der Waals surface area contributed by atoms with Crippen molar-refractivity contribution >= 4 is 17.5 Å². The maximum Gasteiger partial charge on any atom is 0.260 e. The van der Waals surface area contributed by atoms with Crippen LogP contribution in [0.1, 0.15) is 66.2 Å². The van der Waals surface area contributed by atoms with Crippen molar-refractivity contribution in [1.29, 1.82) is 0 Å². The smallest absolute Gasteiger partial charge is 0.260 e. The summed E-state index contributed by atoms with van der Waals surface area (Å²) in [7, 11) is 0. The maximum absolute atomic E-state index is 13.3. The molecule has 0 radical (unpaired) electrons. The van der Waals surface area contributed by atoms with Crippen LogP contribution in [0.4, 0.5) is 5.69 Å². The Kier molecular flexibility index (Phi) is 5.96. The van der Waals surface area contributed by atoms with Crippen LogP contribution in [0.25, 0.3) is 0 Å². The first kappa shape index (κ1) is 21.1. The number of aryl methyl sites for hydroxylation is 1. The number of hydrogen-bond acceptors (Lipinski definition) is 4. The van der Waals surface area contributed by atoms with Gasteiger partial charge in [0.15, 0.2) is 0 Å². The van der Waals surface area contributed by atoms with E-state index in [2.05, 4.69) is 9.88 Å². The second-order valence-corrected chi connectivity index (χ2v) is 9.38. The van der Waals surface area contributed by atoms with E-state index in [0.29, 0.717) is 11.6 Å². The lowest BCUT2D eigenvalue weighted by Crippen LogP contribution is -2.48. The lowest BCUT2D eigenvalue weighted by Gasteiger charge is -2.40. The third kappa shape index (κ3) is 4.04. The first-order valence-corrected chi connectivity index (χ1v) is 12.0. The molecule has 1 aromatic carbocycles. The van der Waals surface area contributed by atoms with Gasteiger partial charge in [0.2, 0.25) is 5.91 Å². The molecule has 2 fully saturated rings. The van der Waals surface area contributed by atoms with Gasteiger partial charge in [-0.15, -0.1) is 0 Å². The van der Waals surface area contributed by atoms with E-state index in [1.54, 1.807) is 17.2 Å². The van der Waals surface area contributed by atoms with Gasteiger partial charge >= 0.3 is 0 Å². The SMILES string of the molecule is Cc1ccc(N2C(=O)c3cccnc3C2CC(=O)N2CCC(N3CCCCC3)CC2)cc1. The van der Waals surface area contributed by atoms with E-state index in [4.69, 9.17) is 0 Å². The topological polar surface area (TPSA) is 56.8 Å². The number of fused-ring (bicyclic) bond motifs is 1. The van der Waals surface area contributed by atoms with Gasteiger partial charge in [-0.25, -0.2) is 0 Å². The fraction of sp³-hybridized carbons (Fsp3) is 0.500. The van der Waals surface area contributed by atoms with Gasteiger partial charge in [0.05, 0.1) is 23.7 Å². The lowest BCUT2D eigenvalue weighted by molar-refractivity contribution is -0.133. The molecule has 5 rings (SSSR count). The minimum Gasteiger partial charge on any atom is -0.343 e. The average Bonchev–Trinajstić information content (AvgIpc) is 3.12. The van der Waals surface area contributed by atoms with Crippen LogP contribution in [0.2, 0.25) is 0 Å². The molecule has 6 heteroatoms. The van der Waals surface area contributed by atoms with E-state index in [1.807, 2.05) is 42.2 Å². The van der Waals surface area contributed by atoms with Gasteiger partial charge in [0.1, 0.15) is 0 Å². The van der Waals surface area contributed by atoms with Crippen molar-refractivity contribution in [3.8, 4) is 0 Å². The standard InChI is InChI=1S/C26H32N4O2/c1-19-7-9-21(10-8-19)30-23(25-22(26(30)32)6-5-13-27-25)18-24(31)29-16-11-20(12-17-29)28-14-3-2-4-15-28/h5-10,13,20,23H,2-4,11-12,14-18H2,1H3. The molecule has 0 saturated carbocycles. The molecule has 3 aliphatic rings. The van der Waals surface area contributed by atoms with E-state index in [9.17, 15) is 9.59 Å². The summed E-state index contributed by atoms with van der Waals surface area (Å²) in [5, 5.41) is 0. The van der Waals surface area contributed by atoms with Gasteiger partial charge in [-0.05, 0) is 70.0 Å². The summed E-state index contributed by atoms with van der Waals surface area (Å²) < 4.78 is 0. The number of aromatic nitrogens is 1. The molecule has 2 aromatic rings. The summed E-state index contributed by atoms with van der Waals surface area (Å²) in [5.41, 5.74) is 3.28. The van der Waals surface area contributed by atoms with Crippen molar-refractivity contribution < 1.29 is 9.59 Å². The highest BCUT2D eigenvalue weighted by Crippen LogP contribution is 2.38. The van der Waals surface area contributed by atoms with Gasteiger partial charge < -0.3 is 9.80 Å². The number of pyridine rings is 1. The van der Waals surface area contributed by atoms with E-state index < -0.39 is 0 Å². The summed E-state index contributed by atoms with van der Waals surface area (Å²) >= 11 is 0. The number of nitrogens with zero attached hydrogens (tertiary/aromatic N) is 4. The number of rotatable bonds is 4. The Balaban J connectivity index is 1.30. The van der Waals surface area contributed by atoms with E-state index in [1.165, 1.54) is 32.4 Å². The van der Waals surface area contributed by atoms with Gasteiger partial charge in [-0.3, -0.25) is 19.5 Å². The number of hydrogen-bond donors (Lipinski definition) is 0. The van der Waals surface area contributed by atoms with Crippen LogP contribution >= 0.6 is 0 Å². The number of amides is 2. The second-order valence-electron chi connectivity index (χ2n) is 9.38. The lowest BCUT2D eigenvalue weighted by atomic mass is 9.99. The van der Waals surface area contributed by atoms with Gasteiger partial charge in [-0.1, -0.05) is 24.1 Å². The van der Waals surface area contributed by atoms with Gasteiger partial charge in [0, 0.05) is 31.0 Å². The van der Waals surface area contributed by atoms with Crippen LogP contribution in [-0.2, 0) is 4.79 Å². The van der Waals surface area contributed by atoms with Gasteiger partial charge in [-0.2, -0.15) is 0 Å². The molecule has 4 heterocycles. The van der Waals surface area contributed by atoms with Crippen molar-refractivity contribution in [2.24, 2.45) is 0 Å². The molecule has 3 aliphatic heterocycles. The predicted molar refractivity (Wildman–Crippen MR) is 125 cm³/mol. The highest BCUT2D eigenvalue weighted by molar-refractivity contribution is 6.11. The Bertz CT molecular complexity index is 976. The molecule has 0 N–H and O–H groups in total. The first-order valence-electron chi connectivity index (χ1n) is 12.0. The minimum atomic E-state index is -0.353. The van der Waals surface area contributed by atoms with Crippen molar-refractivity contribution in [2.45, 2.75) is 57.5 Å². The summed E-state index contributed by atoms with van der Waals surface area (Å²) in [4.78, 5) is 37.5. The monoisotopic (exact) mass is 432 g/mol. The molecule has 0 aliphatic carbocycles. The Morgan fingerprint density at radius 3 is 2.44 bits per heavy atom. The van der Waals surface area contributed by atoms with Crippen LogP contribution in [0.3, 0.4) is 0 Å². The zero-order valence-corrected chi connectivity index (χ0v) is 18.9. The highest BCUT2D eigenvalue weighted by atomic mass is 16.2. The van der Waals surface area contributed by atoms with Crippen LogP contribution in [0, 0.1) is 6.92 Å². The summed E-state index contributed by atoms with van der Waals surface area (Å²) in [6, 6.07) is 11.8. The largest absolute Gasteiger partial charge is 0.343 e. The van der Waals surface area contributed by atoms with Crippen molar-refractivity contribution in [3.63, 3.8) is 0 Å². The van der Waals surface area contributed by atoms with E-state index in [-0.39, 0.29) is 24.3 Å². The number of carbonyl (C=O) groups excluding carboxylic acids is 2. The third-order valence-electron chi connectivity index (χ3n) is 7.32. The highest BCUT2D eigenvalue weighted by Gasteiger charge is 2.41. The average molecular weight is 433 g/mol. The Morgan fingerprint density at radius 2 is 1.72 bits per heavy atom. The van der Waals surface area contributed by atoms with Crippen LogP contribution in [0.15, 0.2) is 42.6 Å². The molecule has 2 amide bonds. The molecule has 6 nitrogen and oxygen atoms in total. The molecule has 1 atom stereocenters. The molecule has 32 heavy (non-hydrogen) atoms. The first-order chi connectivity index (χ1) is 15.6. The van der Waals surface area contributed by atoms with E-state index >= 15 is 0 Å². The normalized spacial score (nSPS) is 22.3. The van der Waals surface area contributed by atoms with Crippen molar-refractivity contribution in [2.75, 3.05) is 31.1 Å². The number of benzene rings is 1. The molecular formula is C26H32N4O2.